The highest BCUT2D eigenvalue weighted by atomic mass is 32.2. The number of sulfonamides is 1. The van der Waals surface area contributed by atoms with Crippen molar-refractivity contribution in [2.45, 2.75) is 19.8 Å². The zero-order valence-corrected chi connectivity index (χ0v) is 8.02. The Balaban J connectivity index is 4.01. The van der Waals surface area contributed by atoms with Crippen LogP contribution in [0, 0.1) is 6.92 Å². The summed E-state index contributed by atoms with van der Waals surface area (Å²) in [6.45, 7) is 5.95. The topological polar surface area (TPSA) is 37.4 Å². The number of unbranched alkanes of at least 4 members (excludes halogenated alkanes) is 1. The van der Waals surface area contributed by atoms with Crippen molar-refractivity contribution in [1.29, 1.82) is 0 Å². The summed E-state index contributed by atoms with van der Waals surface area (Å²) in [5.74, 6) is 0.223. The van der Waals surface area contributed by atoms with Gasteiger partial charge in [-0.1, -0.05) is 20.3 Å². The van der Waals surface area contributed by atoms with E-state index in [9.17, 15) is 8.42 Å². The maximum absolute atomic E-state index is 11.2. The predicted octanol–water partition coefficient (Wildman–Crippen LogP) is 0.882. The first-order valence-electron chi connectivity index (χ1n) is 3.78. The average molecular weight is 178 g/mol. The Morgan fingerprint density at radius 1 is 1.45 bits per heavy atom. The second kappa shape index (κ2) is 4.72. The minimum absolute atomic E-state index is 0.223. The first-order valence-corrected chi connectivity index (χ1v) is 5.38. The molecule has 0 heterocycles. The molecule has 0 aliphatic heterocycles. The van der Waals surface area contributed by atoms with E-state index in [1.54, 1.807) is 7.05 Å². The Hall–Kier alpha value is -0.0900. The van der Waals surface area contributed by atoms with Crippen molar-refractivity contribution in [2.75, 3.05) is 19.3 Å². The molecule has 0 aromatic carbocycles. The smallest absolute Gasteiger partial charge is 0.212 e. The average Bonchev–Trinajstić information content (AvgIpc) is 1.99. The second-order valence-electron chi connectivity index (χ2n) is 2.44. The molecular weight excluding hydrogens is 162 g/mol. The van der Waals surface area contributed by atoms with E-state index in [0.717, 1.165) is 0 Å². The summed E-state index contributed by atoms with van der Waals surface area (Å²) >= 11 is 0. The van der Waals surface area contributed by atoms with Gasteiger partial charge in [0.15, 0.2) is 0 Å². The zero-order valence-electron chi connectivity index (χ0n) is 7.21. The molecule has 3 nitrogen and oxygen atoms in total. The molecule has 0 unspecified atom stereocenters. The summed E-state index contributed by atoms with van der Waals surface area (Å²) in [4.78, 5) is 0. The highest BCUT2D eigenvalue weighted by molar-refractivity contribution is 7.89. The van der Waals surface area contributed by atoms with E-state index in [-0.39, 0.29) is 5.75 Å². The summed E-state index contributed by atoms with van der Waals surface area (Å²) in [7, 11) is -1.38. The molecule has 0 aliphatic rings. The Morgan fingerprint density at radius 3 is 2.36 bits per heavy atom. The molecule has 1 radical (unpaired) electrons. The van der Waals surface area contributed by atoms with Crippen LogP contribution in [0.3, 0.4) is 0 Å². The maximum Gasteiger partial charge on any atom is 0.213 e. The highest BCUT2D eigenvalue weighted by Gasteiger charge is 2.13. The third-order valence-electron chi connectivity index (χ3n) is 1.57. The Kier molecular flexibility index (Phi) is 4.68. The van der Waals surface area contributed by atoms with E-state index in [2.05, 4.69) is 6.92 Å². The van der Waals surface area contributed by atoms with E-state index in [1.807, 2.05) is 6.92 Å². The SMILES string of the molecule is [CH2]CCCS(=O)(=O)N(C)CC. The fourth-order valence-corrected chi connectivity index (χ4v) is 1.91. The van der Waals surface area contributed by atoms with Gasteiger partial charge < -0.3 is 0 Å². The van der Waals surface area contributed by atoms with Crippen LogP contribution < -0.4 is 0 Å². The summed E-state index contributed by atoms with van der Waals surface area (Å²) in [6.07, 6.45) is 1.32. The van der Waals surface area contributed by atoms with Gasteiger partial charge in [-0.15, -0.1) is 0 Å². The van der Waals surface area contributed by atoms with Gasteiger partial charge in [0.25, 0.3) is 0 Å². The molecule has 0 rings (SSSR count). The first kappa shape index (κ1) is 10.9. The lowest BCUT2D eigenvalue weighted by molar-refractivity contribution is 0.485. The molecule has 0 fully saturated rings. The minimum atomic E-state index is -2.98. The van der Waals surface area contributed by atoms with Gasteiger partial charge in [-0.3, -0.25) is 0 Å². The van der Waals surface area contributed by atoms with Gasteiger partial charge in [0.2, 0.25) is 10.0 Å². The molecule has 0 aromatic rings. The van der Waals surface area contributed by atoms with Gasteiger partial charge in [0.1, 0.15) is 0 Å². The summed E-state index contributed by atoms with van der Waals surface area (Å²) in [5.41, 5.74) is 0. The van der Waals surface area contributed by atoms with Crippen LogP contribution in [0.4, 0.5) is 0 Å². The second-order valence-corrected chi connectivity index (χ2v) is 4.63. The van der Waals surface area contributed by atoms with Gasteiger partial charge in [-0.05, 0) is 6.42 Å². The lowest BCUT2D eigenvalue weighted by atomic mass is 10.4. The zero-order chi connectivity index (χ0) is 8.91. The summed E-state index contributed by atoms with van der Waals surface area (Å²) in [5, 5.41) is 0. The molecule has 0 aliphatic carbocycles. The van der Waals surface area contributed by atoms with Crippen LogP contribution in [0.25, 0.3) is 0 Å². The Labute approximate surface area is 69.4 Å². The van der Waals surface area contributed by atoms with Crippen LogP contribution in [0.2, 0.25) is 0 Å². The van der Waals surface area contributed by atoms with Crippen molar-refractivity contribution in [3.63, 3.8) is 0 Å². The fraction of sp³-hybridized carbons (Fsp3) is 0.857. The molecule has 4 heteroatoms. The van der Waals surface area contributed by atoms with Crippen LogP contribution >= 0.6 is 0 Å². The van der Waals surface area contributed by atoms with E-state index in [1.165, 1.54) is 4.31 Å². The normalized spacial score (nSPS) is 12.4. The Morgan fingerprint density at radius 2 is 2.00 bits per heavy atom. The van der Waals surface area contributed by atoms with Crippen molar-refractivity contribution < 1.29 is 8.42 Å². The van der Waals surface area contributed by atoms with Crippen LogP contribution in [0.1, 0.15) is 19.8 Å². The molecule has 0 N–H and O–H groups in total. The molecule has 0 aromatic heterocycles. The molecule has 0 atom stereocenters. The van der Waals surface area contributed by atoms with Gasteiger partial charge in [0.05, 0.1) is 5.75 Å². The van der Waals surface area contributed by atoms with Crippen LogP contribution in [0.5, 0.6) is 0 Å². The van der Waals surface area contributed by atoms with Crippen molar-refractivity contribution in [2.24, 2.45) is 0 Å². The molecule has 0 amide bonds. The van der Waals surface area contributed by atoms with E-state index >= 15 is 0 Å². The molecule has 0 saturated carbocycles. The lowest BCUT2D eigenvalue weighted by Crippen LogP contribution is -2.28. The predicted molar refractivity (Wildman–Crippen MR) is 46.7 cm³/mol. The Bertz CT molecular complexity index is 187. The highest BCUT2D eigenvalue weighted by Crippen LogP contribution is 2.00. The lowest BCUT2D eigenvalue weighted by Gasteiger charge is -2.13. The van der Waals surface area contributed by atoms with Gasteiger partial charge in [-0.25, -0.2) is 12.7 Å². The van der Waals surface area contributed by atoms with Gasteiger partial charge in [0, 0.05) is 13.6 Å². The first-order chi connectivity index (χ1) is 5.04. The quantitative estimate of drug-likeness (QED) is 0.627. The molecule has 11 heavy (non-hydrogen) atoms. The summed E-state index contributed by atoms with van der Waals surface area (Å²) < 4.78 is 23.8. The number of hydrogen-bond acceptors (Lipinski definition) is 2. The molecule has 0 bridgehead atoms. The number of hydrogen-bond donors (Lipinski definition) is 0. The van der Waals surface area contributed by atoms with Crippen molar-refractivity contribution in [1.82, 2.24) is 4.31 Å². The maximum atomic E-state index is 11.2. The third-order valence-corrected chi connectivity index (χ3v) is 3.59. The summed E-state index contributed by atoms with van der Waals surface area (Å²) in [6, 6.07) is 0. The monoisotopic (exact) mass is 178 g/mol. The molecule has 0 spiro atoms. The molecule has 67 valence electrons. The van der Waals surface area contributed by atoms with Crippen LogP contribution in [-0.4, -0.2) is 32.1 Å². The number of rotatable bonds is 5. The van der Waals surface area contributed by atoms with Crippen molar-refractivity contribution in [3.8, 4) is 0 Å². The van der Waals surface area contributed by atoms with Gasteiger partial charge in [-0.2, -0.15) is 0 Å². The van der Waals surface area contributed by atoms with Gasteiger partial charge >= 0.3 is 0 Å². The van der Waals surface area contributed by atoms with Crippen LogP contribution in [-0.2, 0) is 10.0 Å². The largest absolute Gasteiger partial charge is 0.213 e. The van der Waals surface area contributed by atoms with E-state index in [0.29, 0.717) is 19.4 Å². The third kappa shape index (κ3) is 3.72. The van der Waals surface area contributed by atoms with Crippen molar-refractivity contribution >= 4 is 10.0 Å². The van der Waals surface area contributed by atoms with E-state index in [4.69, 9.17) is 0 Å². The molecular formula is C7H16NO2S. The van der Waals surface area contributed by atoms with Crippen molar-refractivity contribution in [3.05, 3.63) is 6.92 Å². The minimum Gasteiger partial charge on any atom is -0.212 e. The van der Waals surface area contributed by atoms with Crippen LogP contribution in [0.15, 0.2) is 0 Å². The number of nitrogens with zero attached hydrogens (tertiary/aromatic N) is 1. The fourth-order valence-electron chi connectivity index (χ4n) is 0.637. The van der Waals surface area contributed by atoms with E-state index < -0.39 is 10.0 Å². The molecule has 0 saturated heterocycles. The standard InChI is InChI=1S/C7H16NO2S/c1-4-6-7-11(9,10)8(3)5-2/h1,4-7H2,2-3H3.